The van der Waals surface area contributed by atoms with Gasteiger partial charge in [-0.15, -0.1) is 0 Å². The molecule has 2 rings (SSSR count). The van der Waals surface area contributed by atoms with E-state index in [-0.39, 0.29) is 29.8 Å². The van der Waals surface area contributed by atoms with Crippen LogP contribution in [-0.2, 0) is 9.59 Å². The maximum atomic E-state index is 12.2. The fourth-order valence-electron chi connectivity index (χ4n) is 3.07. The molecule has 4 atom stereocenters. The topological polar surface area (TPSA) is 77.8 Å². The van der Waals surface area contributed by atoms with Crippen molar-refractivity contribution in [3.63, 3.8) is 0 Å². The van der Waals surface area contributed by atoms with Gasteiger partial charge in [0.15, 0.2) is 0 Å². The van der Waals surface area contributed by atoms with Crippen molar-refractivity contribution in [2.75, 3.05) is 13.1 Å². The summed E-state index contributed by atoms with van der Waals surface area (Å²) >= 11 is 0. The summed E-state index contributed by atoms with van der Waals surface area (Å²) in [7, 11) is 0. The van der Waals surface area contributed by atoms with Crippen molar-refractivity contribution in [1.82, 2.24) is 4.90 Å². The minimum atomic E-state index is -0.784. The van der Waals surface area contributed by atoms with E-state index in [4.69, 9.17) is 5.11 Å². The number of carboxylic acid groups (broad SMARTS) is 1. The molecule has 0 spiro atoms. The molecule has 5 nitrogen and oxygen atoms in total. The van der Waals surface area contributed by atoms with E-state index in [0.29, 0.717) is 32.4 Å². The number of hydrogen-bond donors (Lipinski definition) is 2. The smallest absolute Gasteiger partial charge is 0.306 e. The van der Waals surface area contributed by atoms with Crippen LogP contribution in [0.3, 0.4) is 0 Å². The predicted molar refractivity (Wildman–Crippen MR) is 64.8 cm³/mol. The van der Waals surface area contributed by atoms with Crippen molar-refractivity contribution in [2.45, 2.75) is 38.7 Å². The van der Waals surface area contributed by atoms with Crippen molar-refractivity contribution >= 4 is 11.9 Å². The molecular formula is C13H21NO4. The Morgan fingerprint density at radius 1 is 1.22 bits per heavy atom. The number of aliphatic hydroxyl groups is 1. The molecule has 0 bridgehead atoms. The van der Waals surface area contributed by atoms with Crippen molar-refractivity contribution in [1.29, 1.82) is 0 Å². The molecule has 2 aliphatic rings. The van der Waals surface area contributed by atoms with Gasteiger partial charge in [-0.3, -0.25) is 9.59 Å². The van der Waals surface area contributed by atoms with Crippen molar-refractivity contribution in [3.05, 3.63) is 0 Å². The summed E-state index contributed by atoms with van der Waals surface area (Å²) in [6.45, 7) is 3.07. The molecule has 2 unspecified atom stereocenters. The molecule has 2 N–H and O–H groups in total. The quantitative estimate of drug-likeness (QED) is 0.779. The van der Waals surface area contributed by atoms with Crippen LogP contribution < -0.4 is 0 Å². The fraction of sp³-hybridized carbons (Fsp3) is 0.846. The molecule has 102 valence electrons. The molecule has 1 aliphatic heterocycles. The van der Waals surface area contributed by atoms with Crippen LogP contribution >= 0.6 is 0 Å². The number of carboxylic acids is 1. The average molecular weight is 255 g/mol. The summed E-state index contributed by atoms with van der Waals surface area (Å²) in [5, 5.41) is 18.5. The summed E-state index contributed by atoms with van der Waals surface area (Å²) < 4.78 is 0. The maximum Gasteiger partial charge on any atom is 0.306 e. The molecule has 0 aromatic carbocycles. The zero-order chi connectivity index (χ0) is 13.3. The van der Waals surface area contributed by atoms with Gasteiger partial charge >= 0.3 is 5.97 Å². The summed E-state index contributed by atoms with van der Waals surface area (Å²) in [4.78, 5) is 24.9. The average Bonchev–Trinajstić information content (AvgIpc) is 2.97. The first-order chi connectivity index (χ1) is 8.49. The monoisotopic (exact) mass is 255 g/mol. The third kappa shape index (κ3) is 2.66. The SMILES string of the molecule is CC(O)C1CCN(C(=O)[C@@H]2CC[C@H](C(=O)O)C2)C1. The van der Waals surface area contributed by atoms with Gasteiger partial charge in [-0.2, -0.15) is 0 Å². The number of aliphatic hydroxyl groups excluding tert-OH is 1. The lowest BCUT2D eigenvalue weighted by atomic mass is 10.0. The summed E-state index contributed by atoms with van der Waals surface area (Å²) in [5.41, 5.74) is 0. The number of likely N-dealkylation sites (tertiary alicyclic amines) is 1. The van der Waals surface area contributed by atoms with Crippen LogP contribution in [-0.4, -0.2) is 46.2 Å². The molecule has 0 aromatic heterocycles. The van der Waals surface area contributed by atoms with Gasteiger partial charge in [-0.25, -0.2) is 0 Å². The second-order valence-corrected chi connectivity index (χ2v) is 5.62. The van der Waals surface area contributed by atoms with Crippen molar-refractivity contribution in [3.8, 4) is 0 Å². The molecule has 0 aromatic rings. The molecule has 1 amide bonds. The van der Waals surface area contributed by atoms with Crippen LogP contribution in [0.1, 0.15) is 32.6 Å². The highest BCUT2D eigenvalue weighted by molar-refractivity contribution is 5.81. The Hall–Kier alpha value is -1.10. The van der Waals surface area contributed by atoms with Gasteiger partial charge in [0.2, 0.25) is 5.91 Å². The molecule has 5 heteroatoms. The minimum absolute atomic E-state index is 0.0851. The summed E-state index contributed by atoms with van der Waals surface area (Å²) in [6.07, 6.45) is 2.24. The van der Waals surface area contributed by atoms with E-state index in [2.05, 4.69) is 0 Å². The summed E-state index contributed by atoms with van der Waals surface area (Å²) in [5.74, 6) is -1.01. The zero-order valence-electron chi connectivity index (χ0n) is 10.7. The summed E-state index contributed by atoms with van der Waals surface area (Å²) in [6, 6.07) is 0. The Bertz CT molecular complexity index is 342. The maximum absolute atomic E-state index is 12.2. The molecule has 1 saturated carbocycles. The molecule has 18 heavy (non-hydrogen) atoms. The van der Waals surface area contributed by atoms with Crippen LogP contribution in [0.15, 0.2) is 0 Å². The van der Waals surface area contributed by atoms with Crippen molar-refractivity contribution in [2.24, 2.45) is 17.8 Å². The van der Waals surface area contributed by atoms with E-state index in [1.807, 2.05) is 0 Å². The van der Waals surface area contributed by atoms with Gasteiger partial charge in [-0.1, -0.05) is 0 Å². The van der Waals surface area contributed by atoms with Crippen LogP contribution in [0.2, 0.25) is 0 Å². The van der Waals surface area contributed by atoms with Gasteiger partial charge in [0.05, 0.1) is 12.0 Å². The first-order valence-corrected chi connectivity index (χ1v) is 6.68. The molecule has 1 saturated heterocycles. The predicted octanol–water partition coefficient (Wildman–Crippen LogP) is 0.717. The van der Waals surface area contributed by atoms with Crippen molar-refractivity contribution < 1.29 is 19.8 Å². The number of carbonyl (C=O) groups excluding carboxylic acids is 1. The number of amides is 1. The van der Waals surface area contributed by atoms with E-state index in [9.17, 15) is 14.7 Å². The zero-order valence-corrected chi connectivity index (χ0v) is 10.7. The third-order valence-electron chi connectivity index (χ3n) is 4.35. The highest BCUT2D eigenvalue weighted by Gasteiger charge is 2.38. The molecule has 0 radical (unpaired) electrons. The Balaban J connectivity index is 1.88. The van der Waals surface area contributed by atoms with Crippen LogP contribution in [0, 0.1) is 17.8 Å². The van der Waals surface area contributed by atoms with E-state index < -0.39 is 5.97 Å². The lowest BCUT2D eigenvalue weighted by Gasteiger charge is -2.21. The van der Waals surface area contributed by atoms with Crippen LogP contribution in [0.5, 0.6) is 0 Å². The fourth-order valence-corrected chi connectivity index (χ4v) is 3.07. The van der Waals surface area contributed by atoms with Crippen LogP contribution in [0.25, 0.3) is 0 Å². The van der Waals surface area contributed by atoms with Gasteiger partial charge in [0, 0.05) is 24.9 Å². The number of carbonyl (C=O) groups is 2. The lowest BCUT2D eigenvalue weighted by molar-refractivity contribution is -0.141. The number of hydrogen-bond acceptors (Lipinski definition) is 3. The minimum Gasteiger partial charge on any atom is -0.481 e. The number of rotatable bonds is 3. The van der Waals surface area contributed by atoms with Crippen LogP contribution in [0.4, 0.5) is 0 Å². The molecule has 2 fully saturated rings. The Morgan fingerprint density at radius 2 is 1.89 bits per heavy atom. The van der Waals surface area contributed by atoms with E-state index in [0.717, 1.165) is 6.42 Å². The molecule has 1 aliphatic carbocycles. The van der Waals surface area contributed by atoms with Gasteiger partial charge in [0.1, 0.15) is 0 Å². The number of nitrogens with zero attached hydrogens (tertiary/aromatic N) is 1. The molecule has 1 heterocycles. The van der Waals surface area contributed by atoms with Gasteiger partial charge in [0.25, 0.3) is 0 Å². The Labute approximate surface area is 107 Å². The second-order valence-electron chi connectivity index (χ2n) is 5.62. The second kappa shape index (κ2) is 5.26. The first kappa shape index (κ1) is 13.3. The number of aliphatic carboxylic acids is 1. The Kier molecular flexibility index (Phi) is 3.90. The lowest BCUT2D eigenvalue weighted by Crippen LogP contribution is -2.34. The third-order valence-corrected chi connectivity index (χ3v) is 4.35. The highest BCUT2D eigenvalue weighted by atomic mass is 16.4. The van der Waals surface area contributed by atoms with Gasteiger partial charge in [-0.05, 0) is 32.6 Å². The van der Waals surface area contributed by atoms with Gasteiger partial charge < -0.3 is 15.1 Å². The van der Waals surface area contributed by atoms with E-state index in [1.54, 1.807) is 11.8 Å². The highest BCUT2D eigenvalue weighted by Crippen LogP contribution is 2.33. The largest absolute Gasteiger partial charge is 0.481 e. The Morgan fingerprint density at radius 3 is 2.39 bits per heavy atom. The van der Waals surface area contributed by atoms with E-state index in [1.165, 1.54) is 0 Å². The normalized spacial score (nSPS) is 33.7. The standard InChI is InChI=1S/C13H21NO4/c1-8(15)11-4-5-14(7-11)12(16)9-2-3-10(6-9)13(17)18/h8-11,15H,2-7H2,1H3,(H,17,18)/t8?,9-,10+,11?/m1/s1. The first-order valence-electron chi connectivity index (χ1n) is 6.68. The van der Waals surface area contributed by atoms with E-state index >= 15 is 0 Å². The molecular weight excluding hydrogens is 234 g/mol.